The Morgan fingerprint density at radius 3 is 1.55 bits per heavy atom. The molecule has 0 saturated heterocycles. The van der Waals surface area contributed by atoms with E-state index < -0.39 is 17.9 Å². The molecular weight excluding hydrogens is 672 g/mol. The van der Waals surface area contributed by atoms with E-state index in [1.54, 1.807) is 48.5 Å². The van der Waals surface area contributed by atoms with Crippen molar-refractivity contribution in [3.05, 3.63) is 179 Å². The molecule has 0 aromatic heterocycles. The van der Waals surface area contributed by atoms with Crippen LogP contribution in [0.5, 0.6) is 11.5 Å². The second-order valence-electron chi connectivity index (χ2n) is 12.1. The van der Waals surface area contributed by atoms with Crippen LogP contribution in [0, 0.1) is 0 Å². The number of benzene rings is 6. The summed E-state index contributed by atoms with van der Waals surface area (Å²) < 4.78 is 11.4. The van der Waals surface area contributed by atoms with E-state index in [1.807, 2.05) is 84.9 Å². The summed E-state index contributed by atoms with van der Waals surface area (Å²) in [6, 6.07) is 43.3. The molecule has 0 radical (unpaired) electrons. The van der Waals surface area contributed by atoms with Crippen molar-refractivity contribution in [1.29, 1.82) is 0 Å². The third kappa shape index (κ3) is 9.83. The SMILES string of the molecule is O=C(O)c1ccc(-c2ccccc2)cc1COOc1ccc(CCOCCc2ccc(OC(=O)c3cc(-c4ccccc4)ccc3C(=O)O)cc2)cc1. The van der Waals surface area contributed by atoms with E-state index in [1.165, 1.54) is 12.1 Å². The minimum absolute atomic E-state index is 0.0243. The summed E-state index contributed by atoms with van der Waals surface area (Å²) in [6.45, 7) is 0.964. The highest BCUT2D eigenvalue weighted by molar-refractivity contribution is 6.04. The maximum atomic E-state index is 13.0. The van der Waals surface area contributed by atoms with Gasteiger partial charge in [0.15, 0.2) is 5.75 Å². The smallest absolute Gasteiger partial charge is 0.344 e. The maximum Gasteiger partial charge on any atom is 0.344 e. The zero-order valence-corrected chi connectivity index (χ0v) is 28.6. The Hall–Kier alpha value is -6.55. The lowest BCUT2D eigenvalue weighted by Gasteiger charge is -2.11. The fourth-order valence-electron chi connectivity index (χ4n) is 5.68. The van der Waals surface area contributed by atoms with Gasteiger partial charge < -0.3 is 24.6 Å². The van der Waals surface area contributed by atoms with Crippen molar-refractivity contribution in [1.82, 2.24) is 0 Å². The van der Waals surface area contributed by atoms with E-state index in [0.29, 0.717) is 48.7 Å². The summed E-state index contributed by atoms with van der Waals surface area (Å²) in [6.07, 6.45) is 1.34. The minimum Gasteiger partial charge on any atom is -0.478 e. The lowest BCUT2D eigenvalue weighted by molar-refractivity contribution is -0.217. The third-order valence-corrected chi connectivity index (χ3v) is 8.52. The van der Waals surface area contributed by atoms with Crippen LogP contribution in [0.15, 0.2) is 146 Å². The fourth-order valence-corrected chi connectivity index (χ4v) is 5.68. The maximum absolute atomic E-state index is 13.0. The van der Waals surface area contributed by atoms with Gasteiger partial charge in [-0.25, -0.2) is 14.4 Å². The van der Waals surface area contributed by atoms with Gasteiger partial charge in [-0.05, 0) is 100 Å². The van der Waals surface area contributed by atoms with Crippen LogP contribution in [-0.4, -0.2) is 41.3 Å². The lowest BCUT2D eigenvalue weighted by Crippen LogP contribution is -2.14. The molecule has 6 rings (SSSR count). The Kier molecular flexibility index (Phi) is 12.0. The van der Waals surface area contributed by atoms with Crippen molar-refractivity contribution >= 4 is 17.9 Å². The molecule has 6 aromatic rings. The number of ether oxygens (including phenoxy) is 2. The largest absolute Gasteiger partial charge is 0.478 e. The molecule has 0 amide bonds. The first-order valence-corrected chi connectivity index (χ1v) is 17.0. The third-order valence-electron chi connectivity index (χ3n) is 8.52. The van der Waals surface area contributed by atoms with E-state index in [9.17, 15) is 24.6 Å². The fraction of sp³-hybridized carbons (Fsp3) is 0.114. The van der Waals surface area contributed by atoms with Crippen LogP contribution in [0.25, 0.3) is 22.3 Å². The number of carbonyl (C=O) groups is 3. The van der Waals surface area contributed by atoms with E-state index in [2.05, 4.69) is 0 Å². The van der Waals surface area contributed by atoms with Crippen LogP contribution in [0.1, 0.15) is 47.8 Å². The van der Waals surface area contributed by atoms with E-state index >= 15 is 0 Å². The normalized spacial score (nSPS) is 10.8. The van der Waals surface area contributed by atoms with E-state index in [-0.39, 0.29) is 23.3 Å². The van der Waals surface area contributed by atoms with Crippen LogP contribution in [-0.2, 0) is 29.1 Å². The predicted octanol–water partition coefficient (Wildman–Crippen LogP) is 8.95. The first kappa shape index (κ1) is 36.2. The zero-order chi connectivity index (χ0) is 37.0. The van der Waals surface area contributed by atoms with Gasteiger partial charge in [0.1, 0.15) is 12.4 Å². The van der Waals surface area contributed by atoms with Gasteiger partial charge in [0.25, 0.3) is 0 Å². The number of esters is 1. The van der Waals surface area contributed by atoms with Crippen molar-refractivity contribution in [2.75, 3.05) is 13.2 Å². The molecule has 0 bridgehead atoms. The first-order valence-electron chi connectivity index (χ1n) is 17.0. The monoisotopic (exact) mass is 708 g/mol. The van der Waals surface area contributed by atoms with Crippen LogP contribution < -0.4 is 9.62 Å². The Morgan fingerprint density at radius 2 is 1.00 bits per heavy atom. The Bertz CT molecular complexity index is 2160. The molecule has 0 aliphatic heterocycles. The highest BCUT2D eigenvalue weighted by Gasteiger charge is 2.20. The number of carboxylic acid groups (broad SMARTS) is 2. The molecule has 0 heterocycles. The molecule has 0 spiro atoms. The van der Waals surface area contributed by atoms with Gasteiger partial charge in [-0.15, -0.1) is 0 Å². The Labute approximate surface area is 306 Å². The van der Waals surface area contributed by atoms with E-state index in [4.69, 9.17) is 19.2 Å². The van der Waals surface area contributed by atoms with Crippen molar-refractivity contribution in [2.24, 2.45) is 0 Å². The van der Waals surface area contributed by atoms with Crippen LogP contribution in [0.2, 0.25) is 0 Å². The topological polar surface area (TPSA) is 129 Å². The molecule has 0 atom stereocenters. The summed E-state index contributed by atoms with van der Waals surface area (Å²) in [4.78, 5) is 47.5. The number of rotatable bonds is 16. The summed E-state index contributed by atoms with van der Waals surface area (Å²) in [5.74, 6) is -2.20. The van der Waals surface area contributed by atoms with Gasteiger partial charge in [0, 0.05) is 0 Å². The summed E-state index contributed by atoms with van der Waals surface area (Å²) in [5.41, 5.74) is 5.98. The first-order chi connectivity index (χ1) is 25.8. The molecule has 0 saturated carbocycles. The standard InChI is InChI=1S/C44H36O9/c45-42(46)39-21-15-34(32-7-3-1-4-8-32)27-36(39)29-51-53-38-19-13-31(14-20-38)24-26-50-25-23-30-11-17-37(18-12-30)52-44(49)41-28-35(16-22-40(41)43(47)48)33-9-5-2-6-10-33/h1-22,27-28H,23-26,29H2,(H,45,46)(H,47,48). The van der Waals surface area contributed by atoms with Gasteiger partial charge >= 0.3 is 17.9 Å². The molecular formula is C44H36O9. The molecule has 53 heavy (non-hydrogen) atoms. The van der Waals surface area contributed by atoms with Crippen LogP contribution in [0.3, 0.4) is 0 Å². The summed E-state index contributed by atoms with van der Waals surface area (Å²) in [7, 11) is 0. The van der Waals surface area contributed by atoms with Crippen molar-refractivity contribution in [3.8, 4) is 33.8 Å². The molecule has 0 aliphatic carbocycles. The lowest BCUT2D eigenvalue weighted by atomic mass is 9.99. The van der Waals surface area contributed by atoms with Gasteiger partial charge in [0.2, 0.25) is 0 Å². The van der Waals surface area contributed by atoms with Gasteiger partial charge in [-0.3, -0.25) is 0 Å². The molecule has 9 heteroatoms. The molecule has 2 N–H and O–H groups in total. The van der Waals surface area contributed by atoms with Gasteiger partial charge in [-0.1, -0.05) is 97.1 Å². The number of carboxylic acids is 2. The minimum atomic E-state index is -1.21. The van der Waals surface area contributed by atoms with Crippen molar-refractivity contribution in [3.63, 3.8) is 0 Å². The highest BCUT2D eigenvalue weighted by atomic mass is 17.2. The average molecular weight is 709 g/mol. The number of hydrogen-bond acceptors (Lipinski definition) is 7. The zero-order valence-electron chi connectivity index (χ0n) is 28.6. The van der Waals surface area contributed by atoms with E-state index in [0.717, 1.165) is 27.8 Å². The molecule has 0 aliphatic rings. The van der Waals surface area contributed by atoms with Crippen molar-refractivity contribution in [2.45, 2.75) is 19.4 Å². The Morgan fingerprint density at radius 1 is 0.491 bits per heavy atom. The average Bonchev–Trinajstić information content (AvgIpc) is 3.19. The van der Waals surface area contributed by atoms with Crippen molar-refractivity contribution < 1.29 is 43.8 Å². The van der Waals surface area contributed by atoms with Gasteiger partial charge in [0.05, 0.1) is 29.9 Å². The second-order valence-corrected chi connectivity index (χ2v) is 12.1. The van der Waals surface area contributed by atoms with Crippen LogP contribution in [0.4, 0.5) is 0 Å². The Balaban J connectivity index is 0.930. The summed E-state index contributed by atoms with van der Waals surface area (Å²) in [5, 5.41) is 19.3. The molecule has 6 aromatic carbocycles. The molecule has 0 fully saturated rings. The van der Waals surface area contributed by atoms with Gasteiger partial charge in [-0.2, -0.15) is 4.89 Å². The van der Waals surface area contributed by atoms with Crippen LogP contribution >= 0.6 is 0 Å². The molecule has 9 nitrogen and oxygen atoms in total. The predicted molar refractivity (Wildman–Crippen MR) is 199 cm³/mol. The highest BCUT2D eigenvalue weighted by Crippen LogP contribution is 2.26. The number of carbonyl (C=O) groups excluding carboxylic acids is 1. The second kappa shape index (κ2) is 17.6. The number of aromatic carboxylic acids is 2. The molecule has 0 unspecified atom stereocenters. The number of hydrogen-bond donors (Lipinski definition) is 2. The summed E-state index contributed by atoms with van der Waals surface area (Å²) >= 11 is 0. The molecule has 266 valence electrons. The quantitative estimate of drug-likeness (QED) is 0.0333.